The summed E-state index contributed by atoms with van der Waals surface area (Å²) in [5, 5.41) is 17.2. The van der Waals surface area contributed by atoms with Crippen molar-refractivity contribution in [1.29, 1.82) is 0 Å². The Balaban J connectivity index is 1.42. The Bertz CT molecular complexity index is 927. The normalized spacial score (nSPS) is 10.2. The molecule has 0 saturated heterocycles. The van der Waals surface area contributed by atoms with Crippen molar-refractivity contribution in [3.05, 3.63) is 72.1 Å². The lowest BCUT2D eigenvalue weighted by Crippen LogP contribution is -2.28. The molecular formula is C20H20N6O2. The summed E-state index contributed by atoms with van der Waals surface area (Å²) in [6, 6.07) is 13.9. The van der Waals surface area contributed by atoms with Gasteiger partial charge in [0, 0.05) is 30.4 Å². The highest BCUT2D eigenvalue weighted by atomic mass is 16.1. The fraction of sp³-hybridized carbons (Fsp3) is 0.150. The Morgan fingerprint density at radius 1 is 0.893 bits per heavy atom. The first-order valence-electron chi connectivity index (χ1n) is 8.76. The molecule has 142 valence electrons. The molecule has 1 amide bonds. The summed E-state index contributed by atoms with van der Waals surface area (Å²) in [6.45, 7) is 2.41. The van der Waals surface area contributed by atoms with Gasteiger partial charge in [0.15, 0.2) is 11.6 Å². The van der Waals surface area contributed by atoms with Gasteiger partial charge in [0.25, 0.3) is 5.91 Å². The van der Waals surface area contributed by atoms with E-state index in [9.17, 15) is 9.59 Å². The molecule has 0 atom stereocenters. The van der Waals surface area contributed by atoms with Gasteiger partial charge in [0.05, 0.1) is 11.9 Å². The number of nitrogens with zero attached hydrogens (tertiary/aromatic N) is 3. The topological polar surface area (TPSA) is 109 Å². The molecule has 8 heteroatoms. The van der Waals surface area contributed by atoms with Crippen LogP contribution in [0, 0.1) is 0 Å². The molecule has 3 aromatic rings. The van der Waals surface area contributed by atoms with Gasteiger partial charge in [-0.05, 0) is 43.3 Å². The van der Waals surface area contributed by atoms with Crippen molar-refractivity contribution in [3.8, 4) is 0 Å². The molecule has 0 radical (unpaired) electrons. The van der Waals surface area contributed by atoms with Gasteiger partial charge in [-0.3, -0.25) is 14.6 Å². The number of hydrogen-bond donors (Lipinski definition) is 3. The van der Waals surface area contributed by atoms with E-state index in [-0.39, 0.29) is 11.7 Å². The first kappa shape index (κ1) is 19.0. The van der Waals surface area contributed by atoms with E-state index in [2.05, 4.69) is 31.1 Å². The van der Waals surface area contributed by atoms with Crippen LogP contribution in [-0.4, -0.2) is 40.0 Å². The molecule has 1 aromatic carbocycles. The van der Waals surface area contributed by atoms with Crippen molar-refractivity contribution < 1.29 is 9.59 Å². The summed E-state index contributed by atoms with van der Waals surface area (Å²) in [7, 11) is 0. The fourth-order valence-electron chi connectivity index (χ4n) is 2.40. The average Bonchev–Trinajstić information content (AvgIpc) is 2.73. The lowest BCUT2D eigenvalue weighted by atomic mass is 10.1. The lowest BCUT2D eigenvalue weighted by Gasteiger charge is -2.08. The minimum Gasteiger partial charge on any atom is -0.367 e. The summed E-state index contributed by atoms with van der Waals surface area (Å²) >= 11 is 0. The fourth-order valence-corrected chi connectivity index (χ4v) is 2.40. The van der Waals surface area contributed by atoms with Crippen LogP contribution in [0.4, 0.5) is 17.3 Å². The minimum absolute atomic E-state index is 0.0288. The second-order valence-corrected chi connectivity index (χ2v) is 5.99. The number of anilines is 3. The van der Waals surface area contributed by atoms with Gasteiger partial charge in [-0.15, -0.1) is 10.2 Å². The number of pyridine rings is 1. The van der Waals surface area contributed by atoms with Crippen LogP contribution in [0.25, 0.3) is 0 Å². The first-order valence-corrected chi connectivity index (χ1v) is 8.76. The number of nitrogens with one attached hydrogen (secondary N) is 3. The van der Waals surface area contributed by atoms with E-state index < -0.39 is 0 Å². The second-order valence-electron chi connectivity index (χ2n) is 5.99. The zero-order valence-corrected chi connectivity index (χ0v) is 15.3. The minimum atomic E-state index is -0.195. The number of carbonyl (C=O) groups is 2. The van der Waals surface area contributed by atoms with Crippen LogP contribution < -0.4 is 16.0 Å². The summed E-state index contributed by atoms with van der Waals surface area (Å²) in [6.07, 6.45) is 3.40. The molecule has 2 heterocycles. The van der Waals surface area contributed by atoms with Gasteiger partial charge in [0.2, 0.25) is 0 Å². The largest absolute Gasteiger partial charge is 0.367 e. The highest BCUT2D eigenvalue weighted by Crippen LogP contribution is 2.12. The number of ketones is 1. The van der Waals surface area contributed by atoms with Gasteiger partial charge in [0.1, 0.15) is 5.82 Å². The molecule has 0 spiro atoms. The van der Waals surface area contributed by atoms with Gasteiger partial charge in [-0.2, -0.15) is 0 Å². The van der Waals surface area contributed by atoms with E-state index in [1.54, 1.807) is 48.8 Å². The van der Waals surface area contributed by atoms with Crippen molar-refractivity contribution in [2.75, 3.05) is 23.7 Å². The molecule has 8 nitrogen and oxygen atoms in total. The maximum atomic E-state index is 12.1. The van der Waals surface area contributed by atoms with Gasteiger partial charge in [-0.1, -0.05) is 12.1 Å². The van der Waals surface area contributed by atoms with E-state index in [4.69, 9.17) is 0 Å². The third-order valence-electron chi connectivity index (χ3n) is 3.87. The van der Waals surface area contributed by atoms with Crippen molar-refractivity contribution in [2.24, 2.45) is 0 Å². The van der Waals surface area contributed by atoms with Crippen LogP contribution in [0.1, 0.15) is 27.6 Å². The molecule has 3 rings (SSSR count). The Hall–Kier alpha value is -3.81. The standard InChI is InChI=1S/C20H20N6O2/c1-14(27)15-4-6-16(7-5-15)20(28)23-12-11-22-18-8-9-19(26-25-18)24-17-3-2-10-21-13-17/h2-10,13H,11-12H2,1H3,(H,22,25)(H,23,28)(H,24,26). The molecule has 2 aromatic heterocycles. The predicted octanol–water partition coefficient (Wildman–Crippen LogP) is 2.66. The van der Waals surface area contributed by atoms with Gasteiger partial charge < -0.3 is 16.0 Å². The van der Waals surface area contributed by atoms with E-state index in [0.717, 1.165) is 5.69 Å². The van der Waals surface area contributed by atoms with Crippen LogP contribution in [0.15, 0.2) is 60.9 Å². The van der Waals surface area contributed by atoms with Crippen molar-refractivity contribution in [3.63, 3.8) is 0 Å². The summed E-state index contributed by atoms with van der Waals surface area (Å²) in [5.74, 6) is 0.996. The predicted molar refractivity (Wildman–Crippen MR) is 107 cm³/mol. The van der Waals surface area contributed by atoms with E-state index in [0.29, 0.717) is 35.9 Å². The maximum absolute atomic E-state index is 12.1. The molecule has 0 bridgehead atoms. The number of carbonyl (C=O) groups excluding carboxylic acids is 2. The molecule has 0 aliphatic rings. The van der Waals surface area contributed by atoms with Crippen molar-refractivity contribution in [2.45, 2.75) is 6.92 Å². The molecule has 0 unspecified atom stereocenters. The lowest BCUT2D eigenvalue weighted by molar-refractivity contribution is 0.0953. The monoisotopic (exact) mass is 376 g/mol. The Morgan fingerprint density at radius 3 is 2.25 bits per heavy atom. The summed E-state index contributed by atoms with van der Waals surface area (Å²) in [5.41, 5.74) is 1.92. The number of aromatic nitrogens is 3. The van der Waals surface area contributed by atoms with Crippen molar-refractivity contribution >= 4 is 29.0 Å². The zero-order chi connectivity index (χ0) is 19.8. The molecule has 0 fully saturated rings. The highest BCUT2D eigenvalue weighted by Gasteiger charge is 2.06. The van der Waals surface area contributed by atoms with E-state index >= 15 is 0 Å². The third-order valence-corrected chi connectivity index (χ3v) is 3.87. The van der Waals surface area contributed by atoms with E-state index in [1.165, 1.54) is 6.92 Å². The quantitative estimate of drug-likeness (QED) is 0.410. The second kappa shape index (κ2) is 9.22. The van der Waals surface area contributed by atoms with Gasteiger partial charge >= 0.3 is 0 Å². The number of amides is 1. The Morgan fingerprint density at radius 2 is 1.61 bits per heavy atom. The van der Waals surface area contributed by atoms with Crippen LogP contribution >= 0.6 is 0 Å². The molecule has 0 aliphatic heterocycles. The van der Waals surface area contributed by atoms with Crippen LogP contribution in [-0.2, 0) is 0 Å². The molecule has 3 N–H and O–H groups in total. The Labute approximate surface area is 162 Å². The first-order chi connectivity index (χ1) is 13.6. The number of benzene rings is 1. The van der Waals surface area contributed by atoms with Gasteiger partial charge in [-0.25, -0.2) is 0 Å². The average molecular weight is 376 g/mol. The van der Waals surface area contributed by atoms with Crippen LogP contribution in [0.2, 0.25) is 0 Å². The molecular weight excluding hydrogens is 356 g/mol. The molecule has 28 heavy (non-hydrogen) atoms. The highest BCUT2D eigenvalue weighted by molar-refractivity contribution is 5.97. The smallest absolute Gasteiger partial charge is 0.251 e. The number of Topliss-reactive ketones (excluding diaryl/α,β-unsaturated/α-hetero) is 1. The molecule has 0 aliphatic carbocycles. The number of rotatable bonds is 8. The van der Waals surface area contributed by atoms with Crippen molar-refractivity contribution in [1.82, 2.24) is 20.5 Å². The SMILES string of the molecule is CC(=O)c1ccc(C(=O)NCCNc2ccc(Nc3cccnc3)nn2)cc1. The summed E-state index contributed by atoms with van der Waals surface area (Å²) in [4.78, 5) is 27.4. The van der Waals surface area contributed by atoms with Crippen LogP contribution in [0.5, 0.6) is 0 Å². The third kappa shape index (κ3) is 5.34. The van der Waals surface area contributed by atoms with E-state index in [1.807, 2.05) is 12.1 Å². The summed E-state index contributed by atoms with van der Waals surface area (Å²) < 4.78 is 0. The molecule has 0 saturated carbocycles. The van der Waals surface area contributed by atoms with Crippen LogP contribution in [0.3, 0.4) is 0 Å². The zero-order valence-electron chi connectivity index (χ0n) is 15.3. The maximum Gasteiger partial charge on any atom is 0.251 e. The Kier molecular flexibility index (Phi) is 6.25. The number of hydrogen-bond acceptors (Lipinski definition) is 7.